The maximum Gasteiger partial charge on any atom is 0.267 e. The van der Waals surface area contributed by atoms with Gasteiger partial charge in [0.15, 0.2) is 0 Å². The van der Waals surface area contributed by atoms with E-state index in [4.69, 9.17) is 0 Å². The van der Waals surface area contributed by atoms with Crippen LogP contribution in [0.25, 0.3) is 0 Å². The molecule has 5 heteroatoms. The number of aromatic nitrogens is 1. The molecule has 0 spiro atoms. The minimum absolute atomic E-state index is 0.0786. The number of hydrogen-bond acceptors (Lipinski definition) is 2. The average molecular weight is 191 g/mol. The molecule has 0 saturated heterocycles. The second-order valence-corrected chi connectivity index (χ2v) is 2.35. The molecule has 0 aliphatic carbocycles. The Labute approximate surface area is 73.4 Å². The van der Waals surface area contributed by atoms with Gasteiger partial charge in [-0.1, -0.05) is 0 Å². The Morgan fingerprint density at radius 1 is 1.46 bits per heavy atom. The second kappa shape index (κ2) is 4.11. The summed E-state index contributed by atoms with van der Waals surface area (Å²) in [6, 6.07) is 0. The monoisotopic (exact) mass is 191 g/mol. The number of alkyl halides is 3. The predicted octanol–water partition coefficient (Wildman–Crippen LogP) is 2.50. The van der Waals surface area contributed by atoms with E-state index in [1.54, 1.807) is 0 Å². The first-order valence-electron chi connectivity index (χ1n) is 3.55. The molecule has 0 fully saturated rings. The summed E-state index contributed by atoms with van der Waals surface area (Å²) in [7, 11) is 1.24. The van der Waals surface area contributed by atoms with Crippen molar-refractivity contribution in [1.29, 1.82) is 0 Å². The second-order valence-electron chi connectivity index (χ2n) is 2.35. The molecule has 0 radical (unpaired) electrons. The maximum absolute atomic E-state index is 12.4. The highest BCUT2D eigenvalue weighted by atomic mass is 19.3. The third-order valence-corrected chi connectivity index (χ3v) is 1.62. The molecule has 2 nitrogen and oxygen atoms in total. The molecule has 1 aromatic rings. The van der Waals surface area contributed by atoms with Gasteiger partial charge in [0.25, 0.3) is 6.43 Å². The van der Waals surface area contributed by atoms with Gasteiger partial charge in [0, 0.05) is 11.8 Å². The van der Waals surface area contributed by atoms with E-state index in [2.05, 4.69) is 9.72 Å². The van der Waals surface area contributed by atoms with Crippen LogP contribution in [0.3, 0.4) is 0 Å². The Morgan fingerprint density at radius 2 is 2.15 bits per heavy atom. The first-order chi connectivity index (χ1) is 6.20. The lowest BCUT2D eigenvalue weighted by atomic mass is 10.1. The predicted molar refractivity (Wildman–Crippen MR) is 40.6 cm³/mol. The van der Waals surface area contributed by atoms with Gasteiger partial charge in [-0.15, -0.1) is 0 Å². The lowest BCUT2D eigenvalue weighted by Gasteiger charge is -2.09. The molecule has 0 bridgehead atoms. The number of methoxy groups -OCH3 is 1. The smallest absolute Gasteiger partial charge is 0.267 e. The first-order valence-corrected chi connectivity index (χ1v) is 3.55. The topological polar surface area (TPSA) is 22.1 Å². The molecule has 72 valence electrons. The zero-order chi connectivity index (χ0) is 9.84. The zero-order valence-electron chi connectivity index (χ0n) is 6.93. The minimum atomic E-state index is -2.75. The molecule has 1 aromatic heterocycles. The quantitative estimate of drug-likeness (QED) is 0.732. The fourth-order valence-electron chi connectivity index (χ4n) is 1.01. The van der Waals surface area contributed by atoms with Crippen LogP contribution in [0.1, 0.15) is 17.6 Å². The summed E-state index contributed by atoms with van der Waals surface area (Å²) in [6.45, 7) is -0.968. The van der Waals surface area contributed by atoms with Crippen molar-refractivity contribution in [2.75, 3.05) is 7.11 Å². The van der Waals surface area contributed by atoms with Crippen LogP contribution in [0.5, 0.6) is 5.75 Å². The maximum atomic E-state index is 12.4. The average Bonchev–Trinajstić information content (AvgIpc) is 2.16. The number of halogens is 3. The minimum Gasteiger partial charge on any atom is -0.495 e. The molecule has 0 N–H and O–H groups in total. The van der Waals surface area contributed by atoms with Gasteiger partial charge >= 0.3 is 0 Å². The normalized spacial score (nSPS) is 10.5. The fraction of sp³-hybridized carbons (Fsp3) is 0.375. The highest BCUT2D eigenvalue weighted by Crippen LogP contribution is 2.31. The Hall–Kier alpha value is -1.26. The van der Waals surface area contributed by atoms with Gasteiger partial charge < -0.3 is 4.74 Å². The van der Waals surface area contributed by atoms with Crippen molar-refractivity contribution < 1.29 is 17.9 Å². The largest absolute Gasteiger partial charge is 0.495 e. The van der Waals surface area contributed by atoms with Crippen molar-refractivity contribution in [3.8, 4) is 5.75 Å². The van der Waals surface area contributed by atoms with Crippen molar-refractivity contribution in [3.63, 3.8) is 0 Å². The van der Waals surface area contributed by atoms with E-state index >= 15 is 0 Å². The van der Waals surface area contributed by atoms with E-state index < -0.39 is 18.7 Å². The Kier molecular flexibility index (Phi) is 3.11. The molecular formula is C8H8F3NO. The SMILES string of the molecule is COc1cncc(CF)c1C(F)F. The van der Waals surface area contributed by atoms with Crippen molar-refractivity contribution in [3.05, 3.63) is 23.5 Å². The van der Waals surface area contributed by atoms with E-state index in [0.29, 0.717) is 0 Å². The van der Waals surface area contributed by atoms with E-state index in [1.807, 2.05) is 0 Å². The van der Waals surface area contributed by atoms with E-state index in [1.165, 1.54) is 7.11 Å². The third kappa shape index (κ3) is 1.91. The van der Waals surface area contributed by atoms with Gasteiger partial charge in [-0.05, 0) is 0 Å². The number of pyridine rings is 1. The van der Waals surface area contributed by atoms with Crippen molar-refractivity contribution >= 4 is 0 Å². The first kappa shape index (κ1) is 9.83. The number of nitrogens with zero attached hydrogens (tertiary/aromatic N) is 1. The van der Waals surface area contributed by atoms with Gasteiger partial charge in [0.1, 0.15) is 12.4 Å². The summed E-state index contributed by atoms with van der Waals surface area (Å²) >= 11 is 0. The molecule has 0 aliphatic heterocycles. The van der Waals surface area contributed by atoms with E-state index in [9.17, 15) is 13.2 Å². The van der Waals surface area contributed by atoms with Crippen LogP contribution in [0, 0.1) is 0 Å². The highest BCUT2D eigenvalue weighted by Gasteiger charge is 2.18. The standard InChI is InChI=1S/C8H8F3NO/c1-13-6-4-12-3-5(2-9)7(6)8(10)11/h3-4,8H,2H2,1H3. The van der Waals surface area contributed by atoms with Crippen LogP contribution in [0.15, 0.2) is 12.4 Å². The van der Waals surface area contributed by atoms with Crippen LogP contribution in [-0.2, 0) is 6.67 Å². The number of rotatable bonds is 3. The number of ether oxygens (including phenoxy) is 1. The molecule has 0 amide bonds. The fourth-order valence-corrected chi connectivity index (χ4v) is 1.01. The molecule has 1 heterocycles. The summed E-state index contributed by atoms with van der Waals surface area (Å²) in [5.74, 6) is -0.0786. The van der Waals surface area contributed by atoms with Crippen LogP contribution in [0.2, 0.25) is 0 Å². The molecule has 0 unspecified atom stereocenters. The van der Waals surface area contributed by atoms with Crippen molar-refractivity contribution in [2.45, 2.75) is 13.1 Å². The Morgan fingerprint density at radius 3 is 2.62 bits per heavy atom. The highest BCUT2D eigenvalue weighted by molar-refractivity contribution is 5.37. The summed E-state index contributed by atoms with van der Waals surface area (Å²) < 4.78 is 41.6. The van der Waals surface area contributed by atoms with Gasteiger partial charge in [-0.25, -0.2) is 13.2 Å². The van der Waals surface area contributed by atoms with Gasteiger partial charge in [0.2, 0.25) is 0 Å². The lowest BCUT2D eigenvalue weighted by Crippen LogP contribution is -1.98. The van der Waals surface area contributed by atoms with Crippen LogP contribution >= 0.6 is 0 Å². The Bertz CT molecular complexity index is 268. The van der Waals surface area contributed by atoms with Crippen LogP contribution < -0.4 is 4.74 Å². The Balaban J connectivity index is 3.21. The molecule has 0 aliphatic rings. The third-order valence-electron chi connectivity index (χ3n) is 1.62. The molecular weight excluding hydrogens is 183 g/mol. The summed E-state index contributed by atoms with van der Waals surface area (Å²) in [4.78, 5) is 3.57. The summed E-state index contributed by atoms with van der Waals surface area (Å²) in [5, 5.41) is 0. The molecule has 0 aromatic carbocycles. The molecule has 0 atom stereocenters. The van der Waals surface area contributed by atoms with Gasteiger partial charge in [0.05, 0.1) is 18.9 Å². The van der Waals surface area contributed by atoms with Crippen molar-refractivity contribution in [2.24, 2.45) is 0 Å². The molecule has 1 rings (SSSR count). The molecule has 13 heavy (non-hydrogen) atoms. The lowest BCUT2D eigenvalue weighted by molar-refractivity contribution is 0.144. The number of hydrogen-bond donors (Lipinski definition) is 0. The van der Waals surface area contributed by atoms with Crippen LogP contribution in [-0.4, -0.2) is 12.1 Å². The zero-order valence-corrected chi connectivity index (χ0v) is 6.93. The van der Waals surface area contributed by atoms with E-state index in [-0.39, 0.29) is 11.3 Å². The van der Waals surface area contributed by atoms with Gasteiger partial charge in [-0.2, -0.15) is 0 Å². The van der Waals surface area contributed by atoms with E-state index in [0.717, 1.165) is 12.4 Å². The summed E-state index contributed by atoms with van der Waals surface area (Å²) in [6.07, 6.45) is -0.534. The molecule has 0 saturated carbocycles. The van der Waals surface area contributed by atoms with Crippen molar-refractivity contribution in [1.82, 2.24) is 4.98 Å². The summed E-state index contributed by atoms with van der Waals surface area (Å²) in [5.41, 5.74) is -0.547. The van der Waals surface area contributed by atoms with Gasteiger partial charge in [-0.3, -0.25) is 4.98 Å². The van der Waals surface area contributed by atoms with Crippen LogP contribution in [0.4, 0.5) is 13.2 Å².